The molecular formula is C37H52N2O6. The summed E-state index contributed by atoms with van der Waals surface area (Å²) in [4.78, 5) is 4.23. The average Bonchev–Trinajstić information content (AvgIpc) is 3.04. The molecule has 8 nitrogen and oxygen atoms in total. The van der Waals surface area contributed by atoms with Crippen LogP contribution in [0.15, 0.2) is 78.9 Å². The summed E-state index contributed by atoms with van der Waals surface area (Å²) >= 11 is 0. The van der Waals surface area contributed by atoms with Gasteiger partial charge in [0.2, 0.25) is 0 Å². The van der Waals surface area contributed by atoms with Crippen molar-refractivity contribution < 1.29 is 29.5 Å². The standard InChI is InChI=1S/C22H29NO3.C15H23NO3/c1-23(2)16-21(22(24)12-14-25-15-13-22)19-8-10-20(11-9-19)26-17-18-6-4-3-5-7-18;1-16(2)11-14(12-3-5-13(17)6-4-12)15(18)7-9-19-10-8-15/h3-11,21,24H,12-17H2,1-2H3;3-6,14,17-18H,7-11H2,1-2H3. The van der Waals surface area contributed by atoms with Gasteiger partial charge in [0.1, 0.15) is 18.1 Å². The molecule has 2 saturated heterocycles. The van der Waals surface area contributed by atoms with Crippen molar-refractivity contribution in [2.24, 2.45) is 0 Å². The van der Waals surface area contributed by atoms with Crippen LogP contribution in [0.1, 0.15) is 54.2 Å². The van der Waals surface area contributed by atoms with Gasteiger partial charge in [-0.05, 0) is 69.1 Å². The van der Waals surface area contributed by atoms with Gasteiger partial charge in [-0.15, -0.1) is 0 Å². The fourth-order valence-corrected chi connectivity index (χ4v) is 6.29. The van der Waals surface area contributed by atoms with Crippen LogP contribution in [0.4, 0.5) is 0 Å². The molecular weight excluding hydrogens is 568 g/mol. The minimum atomic E-state index is -0.723. The Balaban J connectivity index is 0.000000215. The quantitative estimate of drug-likeness (QED) is 0.275. The minimum Gasteiger partial charge on any atom is -0.508 e. The molecule has 0 amide bonds. The van der Waals surface area contributed by atoms with Gasteiger partial charge in [0.15, 0.2) is 0 Å². The molecule has 0 aliphatic carbocycles. The Morgan fingerprint density at radius 2 is 1.07 bits per heavy atom. The lowest BCUT2D eigenvalue weighted by atomic mass is 9.77. The monoisotopic (exact) mass is 620 g/mol. The molecule has 0 aromatic heterocycles. The highest BCUT2D eigenvalue weighted by molar-refractivity contribution is 5.32. The van der Waals surface area contributed by atoms with Crippen LogP contribution >= 0.6 is 0 Å². The summed E-state index contributed by atoms with van der Waals surface area (Å²) in [6.45, 7) is 4.61. The maximum absolute atomic E-state index is 11.2. The number of hydrogen-bond donors (Lipinski definition) is 3. The SMILES string of the molecule is CN(C)CC(c1ccc(O)cc1)C1(O)CCOCC1.CN(C)CC(c1ccc(OCc2ccccc2)cc1)C1(O)CCOCC1. The smallest absolute Gasteiger partial charge is 0.119 e. The van der Waals surface area contributed by atoms with E-state index < -0.39 is 11.2 Å². The van der Waals surface area contributed by atoms with Gasteiger partial charge in [0.25, 0.3) is 0 Å². The Hall–Kier alpha value is -2.98. The average molecular weight is 621 g/mol. The number of phenols is 1. The van der Waals surface area contributed by atoms with Crippen LogP contribution in [-0.2, 0) is 16.1 Å². The lowest BCUT2D eigenvalue weighted by Gasteiger charge is -2.40. The molecule has 8 heteroatoms. The summed E-state index contributed by atoms with van der Waals surface area (Å²) in [5, 5.41) is 31.6. The Bertz CT molecular complexity index is 1250. The molecule has 2 fully saturated rings. The molecule has 3 aromatic carbocycles. The molecule has 2 unspecified atom stereocenters. The number of rotatable bonds is 11. The van der Waals surface area contributed by atoms with Gasteiger partial charge >= 0.3 is 0 Å². The van der Waals surface area contributed by atoms with E-state index in [-0.39, 0.29) is 17.6 Å². The van der Waals surface area contributed by atoms with Gasteiger partial charge in [0, 0.05) is 77.0 Å². The number of phenolic OH excluding ortho intramolecular Hbond substituents is 1. The maximum Gasteiger partial charge on any atom is 0.119 e. The van der Waals surface area contributed by atoms with Crippen molar-refractivity contribution in [3.8, 4) is 11.5 Å². The predicted molar refractivity (Wildman–Crippen MR) is 178 cm³/mol. The van der Waals surface area contributed by atoms with E-state index in [9.17, 15) is 15.3 Å². The fraction of sp³-hybridized carbons (Fsp3) is 0.514. The van der Waals surface area contributed by atoms with Crippen molar-refractivity contribution >= 4 is 0 Å². The second-order valence-corrected chi connectivity index (χ2v) is 13.0. The Morgan fingerprint density at radius 3 is 1.49 bits per heavy atom. The van der Waals surface area contributed by atoms with Gasteiger partial charge < -0.3 is 39.3 Å². The van der Waals surface area contributed by atoms with Crippen LogP contribution in [-0.4, -0.2) is 104 Å². The number of aliphatic hydroxyl groups is 2. The van der Waals surface area contributed by atoms with Gasteiger partial charge in [0.05, 0.1) is 11.2 Å². The second kappa shape index (κ2) is 16.5. The molecule has 3 aromatic rings. The van der Waals surface area contributed by atoms with Crippen molar-refractivity contribution in [1.82, 2.24) is 9.80 Å². The second-order valence-electron chi connectivity index (χ2n) is 13.0. The topological polar surface area (TPSA) is 94.9 Å². The highest BCUT2D eigenvalue weighted by Crippen LogP contribution is 2.38. The number of aromatic hydroxyl groups is 1. The fourth-order valence-electron chi connectivity index (χ4n) is 6.29. The summed E-state index contributed by atoms with van der Waals surface area (Å²) in [5.41, 5.74) is 1.93. The van der Waals surface area contributed by atoms with Crippen molar-refractivity contribution in [3.63, 3.8) is 0 Å². The van der Waals surface area contributed by atoms with Crippen LogP contribution in [0.2, 0.25) is 0 Å². The molecule has 0 saturated carbocycles. The number of benzene rings is 3. The zero-order valence-corrected chi connectivity index (χ0v) is 27.4. The summed E-state index contributed by atoms with van der Waals surface area (Å²) in [6.07, 6.45) is 2.67. The van der Waals surface area contributed by atoms with Crippen molar-refractivity contribution in [2.75, 3.05) is 67.7 Å². The van der Waals surface area contributed by atoms with E-state index in [1.807, 2.05) is 70.7 Å². The molecule has 2 heterocycles. The Kier molecular flexibility index (Phi) is 12.8. The van der Waals surface area contributed by atoms with E-state index >= 15 is 0 Å². The van der Waals surface area contributed by atoms with E-state index in [0.29, 0.717) is 58.7 Å². The van der Waals surface area contributed by atoms with Gasteiger partial charge in [-0.3, -0.25) is 0 Å². The first kappa shape index (κ1) is 34.9. The minimum absolute atomic E-state index is 0.0343. The molecule has 3 N–H and O–H groups in total. The third-order valence-electron chi connectivity index (χ3n) is 8.94. The number of nitrogens with zero attached hydrogens (tertiary/aromatic N) is 2. The molecule has 45 heavy (non-hydrogen) atoms. The molecule has 0 spiro atoms. The number of hydrogen-bond acceptors (Lipinski definition) is 8. The molecule has 0 bridgehead atoms. The van der Waals surface area contributed by atoms with Crippen molar-refractivity contribution in [3.05, 3.63) is 95.6 Å². The highest BCUT2D eigenvalue weighted by atomic mass is 16.5. The summed E-state index contributed by atoms with van der Waals surface area (Å²) in [5.74, 6) is 1.20. The normalized spacial score (nSPS) is 18.9. The van der Waals surface area contributed by atoms with Crippen molar-refractivity contribution in [1.29, 1.82) is 0 Å². The molecule has 2 aliphatic rings. The third kappa shape index (κ3) is 10.3. The first-order chi connectivity index (χ1) is 21.6. The van der Waals surface area contributed by atoms with E-state index in [2.05, 4.69) is 34.1 Å². The lowest BCUT2D eigenvalue weighted by Crippen LogP contribution is -2.45. The molecule has 5 rings (SSSR count). The first-order valence-electron chi connectivity index (χ1n) is 16.0. The van der Waals surface area contributed by atoms with E-state index in [0.717, 1.165) is 35.5 Å². The largest absolute Gasteiger partial charge is 0.508 e. The zero-order chi connectivity index (χ0) is 32.3. The molecule has 2 atom stereocenters. The van der Waals surface area contributed by atoms with E-state index in [1.54, 1.807) is 12.1 Å². The molecule has 246 valence electrons. The predicted octanol–water partition coefficient (Wildman–Crippen LogP) is 5.03. The van der Waals surface area contributed by atoms with Crippen LogP contribution in [0.3, 0.4) is 0 Å². The van der Waals surface area contributed by atoms with Gasteiger partial charge in [-0.1, -0.05) is 54.6 Å². The summed E-state index contributed by atoms with van der Waals surface area (Å²) < 4.78 is 16.7. The van der Waals surface area contributed by atoms with Gasteiger partial charge in [-0.2, -0.15) is 0 Å². The highest BCUT2D eigenvalue weighted by Gasteiger charge is 2.40. The Morgan fingerprint density at radius 1 is 0.644 bits per heavy atom. The van der Waals surface area contributed by atoms with Gasteiger partial charge in [-0.25, -0.2) is 0 Å². The third-order valence-corrected chi connectivity index (χ3v) is 8.94. The number of likely N-dealkylation sites (N-methyl/N-ethyl adjacent to an activating group) is 2. The van der Waals surface area contributed by atoms with Crippen LogP contribution in [0.5, 0.6) is 11.5 Å². The van der Waals surface area contributed by atoms with E-state index in [4.69, 9.17) is 14.2 Å². The summed E-state index contributed by atoms with van der Waals surface area (Å²) in [7, 11) is 8.12. The number of ether oxygens (including phenoxy) is 3. The summed E-state index contributed by atoms with van der Waals surface area (Å²) in [6, 6.07) is 25.5. The first-order valence-corrected chi connectivity index (χ1v) is 16.0. The lowest BCUT2D eigenvalue weighted by molar-refractivity contribution is -0.0836. The molecule has 2 aliphatic heterocycles. The Labute approximate surface area is 269 Å². The van der Waals surface area contributed by atoms with Crippen LogP contribution in [0, 0.1) is 0 Å². The van der Waals surface area contributed by atoms with E-state index in [1.165, 1.54) is 0 Å². The van der Waals surface area contributed by atoms with Crippen molar-refractivity contribution in [2.45, 2.75) is 55.3 Å². The van der Waals surface area contributed by atoms with Crippen LogP contribution in [0.25, 0.3) is 0 Å². The maximum atomic E-state index is 11.2. The van der Waals surface area contributed by atoms with Crippen LogP contribution < -0.4 is 4.74 Å². The zero-order valence-electron chi connectivity index (χ0n) is 27.4. The molecule has 0 radical (unpaired) electrons.